The number of hydrogen-bond acceptors (Lipinski definition) is 1. The Morgan fingerprint density at radius 1 is 0.667 bits per heavy atom. The minimum atomic E-state index is 0. The molecule has 0 heterocycles. The first kappa shape index (κ1) is 20.8. The van der Waals surface area contributed by atoms with Crippen LogP contribution in [-0.2, 0) is 6.42 Å². The van der Waals surface area contributed by atoms with Gasteiger partial charge in [-0.1, -0.05) is 83.3 Å². The van der Waals surface area contributed by atoms with Crippen LogP contribution in [-0.4, -0.2) is 28.2 Å². The zero-order valence-electron chi connectivity index (χ0n) is 13.2. The van der Waals surface area contributed by atoms with Gasteiger partial charge in [-0.05, 0) is 30.5 Å². The van der Waals surface area contributed by atoms with Gasteiger partial charge in [0.25, 0.3) is 0 Å². The first-order valence-electron chi connectivity index (χ1n) is 8.61. The molecule has 0 saturated heterocycles. The number of phenolic OH excluding ortho intramolecular Hbond substituents is 1. The minimum Gasteiger partial charge on any atom is -0.508 e. The maximum absolute atomic E-state index is 9.22. The molecule has 0 saturated carbocycles. The van der Waals surface area contributed by atoms with Gasteiger partial charge in [-0.3, -0.25) is 0 Å². The van der Waals surface area contributed by atoms with E-state index in [1.807, 2.05) is 12.1 Å². The maximum atomic E-state index is 9.22. The Morgan fingerprint density at radius 3 is 1.57 bits per heavy atom. The first-order chi connectivity index (χ1) is 9.83. The molecule has 2 heteroatoms. The van der Waals surface area contributed by atoms with Crippen molar-refractivity contribution in [1.82, 2.24) is 0 Å². The van der Waals surface area contributed by atoms with E-state index in [1.54, 1.807) is 12.1 Å². The third-order valence-electron chi connectivity index (χ3n) is 4.01. The fraction of sp³-hybridized carbons (Fsp3) is 0.684. The van der Waals surface area contributed by atoms with Gasteiger partial charge in [-0.25, -0.2) is 0 Å². The van der Waals surface area contributed by atoms with Crippen LogP contribution in [0.1, 0.15) is 83.1 Å². The summed E-state index contributed by atoms with van der Waals surface area (Å²) in [6, 6.07) is 7.64. The van der Waals surface area contributed by atoms with Crippen molar-refractivity contribution >= 4 is 23.1 Å². The van der Waals surface area contributed by atoms with Gasteiger partial charge in [0, 0.05) is 0 Å². The molecule has 0 fully saturated rings. The van der Waals surface area contributed by atoms with Gasteiger partial charge in [0.2, 0.25) is 0 Å². The number of benzene rings is 1. The predicted molar refractivity (Wildman–Crippen MR) is 96.8 cm³/mol. The number of hydrogen-bond donors (Lipinski definition) is 1. The molecular formula is C19H34MgO. The molecule has 0 spiro atoms. The van der Waals surface area contributed by atoms with Crippen LogP contribution in [0.3, 0.4) is 0 Å². The molecule has 0 aliphatic heterocycles. The van der Waals surface area contributed by atoms with E-state index in [4.69, 9.17) is 0 Å². The second-order valence-electron chi connectivity index (χ2n) is 5.95. The highest BCUT2D eigenvalue weighted by Crippen LogP contribution is 2.14. The summed E-state index contributed by atoms with van der Waals surface area (Å²) in [4.78, 5) is 0. The highest BCUT2D eigenvalue weighted by atomic mass is 24.3. The summed E-state index contributed by atoms with van der Waals surface area (Å²) >= 11 is 0. The minimum absolute atomic E-state index is 0. The number of unbranched alkanes of at least 4 members (excludes halogenated alkanes) is 10. The Bertz CT molecular complexity index is 321. The van der Waals surface area contributed by atoms with E-state index in [2.05, 4.69) is 6.92 Å². The van der Waals surface area contributed by atoms with Crippen LogP contribution >= 0.6 is 0 Å². The van der Waals surface area contributed by atoms with Crippen molar-refractivity contribution in [2.45, 2.75) is 84.0 Å². The molecule has 0 aromatic heterocycles. The first-order valence-corrected chi connectivity index (χ1v) is 8.61. The van der Waals surface area contributed by atoms with Gasteiger partial charge in [0.15, 0.2) is 0 Å². The molecule has 0 amide bonds. The summed E-state index contributed by atoms with van der Waals surface area (Å²) < 4.78 is 0. The summed E-state index contributed by atoms with van der Waals surface area (Å²) in [7, 11) is 0. The third kappa shape index (κ3) is 12.1. The fourth-order valence-electron chi connectivity index (χ4n) is 2.66. The Labute approximate surface area is 147 Å². The Morgan fingerprint density at radius 2 is 1.10 bits per heavy atom. The summed E-state index contributed by atoms with van der Waals surface area (Å²) in [6.45, 7) is 2.28. The average Bonchev–Trinajstić information content (AvgIpc) is 2.47. The van der Waals surface area contributed by atoms with Crippen LogP contribution < -0.4 is 0 Å². The van der Waals surface area contributed by atoms with Crippen molar-refractivity contribution in [3.05, 3.63) is 29.8 Å². The molecule has 0 unspecified atom stereocenters. The molecule has 1 aromatic carbocycles. The van der Waals surface area contributed by atoms with Gasteiger partial charge in [-0.15, -0.1) is 0 Å². The van der Waals surface area contributed by atoms with Crippen molar-refractivity contribution in [3.63, 3.8) is 0 Å². The third-order valence-corrected chi connectivity index (χ3v) is 4.01. The van der Waals surface area contributed by atoms with E-state index >= 15 is 0 Å². The molecular weight excluding hydrogens is 269 g/mol. The molecule has 0 atom stereocenters. The highest BCUT2D eigenvalue weighted by molar-refractivity contribution is 5.75. The van der Waals surface area contributed by atoms with Gasteiger partial charge >= 0.3 is 23.1 Å². The normalized spacial score (nSPS) is 10.3. The highest BCUT2D eigenvalue weighted by Gasteiger charge is 1.95. The molecule has 1 aromatic rings. The van der Waals surface area contributed by atoms with Crippen molar-refractivity contribution in [2.75, 3.05) is 0 Å². The van der Waals surface area contributed by atoms with Crippen molar-refractivity contribution in [2.24, 2.45) is 0 Å². The number of aromatic hydroxyl groups is 1. The zero-order valence-corrected chi connectivity index (χ0v) is 13.2. The largest absolute Gasteiger partial charge is 0.508 e. The van der Waals surface area contributed by atoms with E-state index in [9.17, 15) is 5.11 Å². The van der Waals surface area contributed by atoms with Crippen LogP contribution in [0.2, 0.25) is 0 Å². The second kappa shape index (κ2) is 14.7. The number of aryl methyl sites for hydroxylation is 1. The summed E-state index contributed by atoms with van der Waals surface area (Å²) in [5.74, 6) is 0.368. The van der Waals surface area contributed by atoms with Crippen molar-refractivity contribution < 1.29 is 5.11 Å². The van der Waals surface area contributed by atoms with Gasteiger partial charge in [-0.2, -0.15) is 0 Å². The predicted octanol–water partition coefficient (Wildman–Crippen LogP) is 5.33. The van der Waals surface area contributed by atoms with E-state index in [0.717, 1.165) is 6.42 Å². The van der Waals surface area contributed by atoms with E-state index in [-0.39, 0.29) is 23.1 Å². The summed E-state index contributed by atoms with van der Waals surface area (Å²) in [5.41, 5.74) is 1.35. The Balaban J connectivity index is 0.00000400. The lowest BCUT2D eigenvalue weighted by atomic mass is 10.0. The quantitative estimate of drug-likeness (QED) is 0.409. The summed E-state index contributed by atoms with van der Waals surface area (Å²) in [5, 5.41) is 9.22. The molecule has 118 valence electrons. The lowest BCUT2D eigenvalue weighted by Gasteiger charge is -2.03. The van der Waals surface area contributed by atoms with Crippen LogP contribution in [0, 0.1) is 0 Å². The molecule has 21 heavy (non-hydrogen) atoms. The van der Waals surface area contributed by atoms with Crippen LogP contribution in [0.5, 0.6) is 5.75 Å². The van der Waals surface area contributed by atoms with Gasteiger partial charge in [0.05, 0.1) is 0 Å². The Kier molecular flexibility index (Phi) is 14.6. The van der Waals surface area contributed by atoms with Gasteiger partial charge < -0.3 is 5.11 Å². The monoisotopic (exact) mass is 302 g/mol. The molecule has 1 nitrogen and oxygen atoms in total. The average molecular weight is 303 g/mol. The fourth-order valence-corrected chi connectivity index (χ4v) is 2.66. The second-order valence-corrected chi connectivity index (χ2v) is 5.95. The van der Waals surface area contributed by atoms with Crippen LogP contribution in [0.4, 0.5) is 0 Å². The Hall–Kier alpha value is -0.214. The van der Waals surface area contributed by atoms with Crippen LogP contribution in [0.25, 0.3) is 0 Å². The summed E-state index contributed by atoms with van der Waals surface area (Å²) in [6.07, 6.45) is 16.5. The van der Waals surface area contributed by atoms with E-state index in [1.165, 1.54) is 76.2 Å². The zero-order chi connectivity index (χ0) is 14.5. The SMILES string of the molecule is CCCCCCCCCCCCCc1ccc(O)cc1.[MgH2]. The van der Waals surface area contributed by atoms with E-state index < -0.39 is 0 Å². The molecule has 0 aliphatic carbocycles. The molecule has 1 rings (SSSR count). The lowest BCUT2D eigenvalue weighted by Crippen LogP contribution is -1.86. The maximum Gasteiger partial charge on any atom is 0.316 e. The number of phenols is 1. The van der Waals surface area contributed by atoms with Gasteiger partial charge in [0.1, 0.15) is 5.75 Å². The van der Waals surface area contributed by atoms with Crippen molar-refractivity contribution in [3.8, 4) is 5.75 Å². The van der Waals surface area contributed by atoms with E-state index in [0.29, 0.717) is 5.75 Å². The number of rotatable bonds is 12. The smallest absolute Gasteiger partial charge is 0.316 e. The topological polar surface area (TPSA) is 20.2 Å². The standard InChI is InChI=1S/C19H32O.Mg.2H/c1-2-3-4-5-6-7-8-9-10-11-12-13-18-14-16-19(20)17-15-18;;;/h14-17,20H,2-13H2,1H3;;;. The molecule has 0 radical (unpaired) electrons. The lowest BCUT2D eigenvalue weighted by molar-refractivity contribution is 0.475. The van der Waals surface area contributed by atoms with Crippen molar-refractivity contribution in [1.29, 1.82) is 0 Å². The molecule has 0 aliphatic rings. The van der Waals surface area contributed by atoms with Crippen LogP contribution in [0.15, 0.2) is 24.3 Å². The molecule has 1 N–H and O–H groups in total. The molecule has 0 bridgehead atoms.